The van der Waals surface area contributed by atoms with Crippen molar-refractivity contribution in [2.24, 2.45) is 5.41 Å². The quantitative estimate of drug-likeness (QED) is 0.305. The standard InChI is InChI=1S/C20H17Cl3O5/c1-28-12-7-5-11(6-8-12)13-14(17(26)20(21,22)23)15(24)18(27)19(16(13)25)9-3-2-4-10-19/h5-8H,2-4,9-10H2,1H3. The minimum absolute atomic E-state index is 0.162. The van der Waals surface area contributed by atoms with Crippen LogP contribution in [0.15, 0.2) is 29.8 Å². The van der Waals surface area contributed by atoms with Crippen molar-refractivity contribution in [1.82, 2.24) is 0 Å². The predicted molar refractivity (Wildman–Crippen MR) is 106 cm³/mol. The minimum atomic E-state index is -2.47. The molecule has 3 rings (SSSR count). The molecule has 148 valence electrons. The molecule has 0 heterocycles. The molecule has 1 aromatic rings. The average Bonchev–Trinajstić information content (AvgIpc) is 2.69. The van der Waals surface area contributed by atoms with Crippen molar-refractivity contribution >= 4 is 63.5 Å². The molecule has 0 aromatic heterocycles. The van der Waals surface area contributed by atoms with Gasteiger partial charge in [0.25, 0.3) is 3.79 Å². The first kappa shape index (κ1) is 21.0. The summed E-state index contributed by atoms with van der Waals surface area (Å²) in [7, 11) is 1.48. The van der Waals surface area contributed by atoms with Crippen LogP contribution in [0.1, 0.15) is 37.7 Å². The Hall–Kier alpha value is -1.69. The average molecular weight is 444 g/mol. The number of allylic oxidation sites excluding steroid dienone is 2. The number of rotatable bonds is 3. The highest BCUT2D eigenvalue weighted by atomic mass is 35.6. The lowest BCUT2D eigenvalue weighted by molar-refractivity contribution is -0.148. The van der Waals surface area contributed by atoms with Crippen LogP contribution in [0.2, 0.25) is 0 Å². The molecule has 0 amide bonds. The van der Waals surface area contributed by atoms with Gasteiger partial charge in [-0.2, -0.15) is 0 Å². The fraction of sp³-hybridized carbons (Fsp3) is 0.400. The number of ketones is 4. The summed E-state index contributed by atoms with van der Waals surface area (Å²) in [5.74, 6) is -3.16. The van der Waals surface area contributed by atoms with Crippen molar-refractivity contribution in [1.29, 1.82) is 0 Å². The number of benzene rings is 1. The van der Waals surface area contributed by atoms with E-state index in [-0.39, 0.29) is 18.4 Å². The van der Waals surface area contributed by atoms with Gasteiger partial charge in [-0.1, -0.05) is 66.2 Å². The number of carbonyl (C=O) groups excluding carboxylic acids is 4. The number of carbonyl (C=O) groups is 4. The molecule has 2 aliphatic carbocycles. The number of alkyl halides is 3. The first-order chi connectivity index (χ1) is 13.1. The second-order valence-electron chi connectivity index (χ2n) is 6.94. The topological polar surface area (TPSA) is 77.5 Å². The molecule has 8 heteroatoms. The molecule has 0 bridgehead atoms. The Labute approximate surface area is 177 Å². The van der Waals surface area contributed by atoms with Crippen molar-refractivity contribution in [3.05, 3.63) is 35.4 Å². The van der Waals surface area contributed by atoms with Gasteiger partial charge in [0, 0.05) is 5.57 Å². The monoisotopic (exact) mass is 442 g/mol. The minimum Gasteiger partial charge on any atom is -0.497 e. The van der Waals surface area contributed by atoms with E-state index in [1.807, 2.05) is 0 Å². The molecule has 1 aromatic carbocycles. The molecule has 1 spiro atoms. The molecule has 0 radical (unpaired) electrons. The molecule has 0 unspecified atom stereocenters. The van der Waals surface area contributed by atoms with Gasteiger partial charge in [-0.05, 0) is 30.5 Å². The van der Waals surface area contributed by atoms with E-state index in [0.717, 1.165) is 6.42 Å². The molecular formula is C20H17Cl3O5. The van der Waals surface area contributed by atoms with Crippen LogP contribution >= 0.6 is 34.8 Å². The zero-order valence-corrected chi connectivity index (χ0v) is 17.3. The summed E-state index contributed by atoms with van der Waals surface area (Å²) >= 11 is 17.1. The smallest absolute Gasteiger partial charge is 0.253 e. The third-order valence-electron chi connectivity index (χ3n) is 5.35. The Morgan fingerprint density at radius 2 is 1.54 bits per heavy atom. The highest BCUT2D eigenvalue weighted by molar-refractivity contribution is 6.80. The molecule has 1 fully saturated rings. The van der Waals surface area contributed by atoms with Crippen molar-refractivity contribution in [3.8, 4) is 5.75 Å². The molecule has 5 nitrogen and oxygen atoms in total. The van der Waals surface area contributed by atoms with E-state index in [4.69, 9.17) is 39.5 Å². The van der Waals surface area contributed by atoms with Crippen molar-refractivity contribution in [3.63, 3.8) is 0 Å². The van der Waals surface area contributed by atoms with Gasteiger partial charge in [0.1, 0.15) is 11.2 Å². The fourth-order valence-corrected chi connectivity index (χ4v) is 4.18. The lowest BCUT2D eigenvalue weighted by atomic mass is 9.60. The van der Waals surface area contributed by atoms with Crippen LogP contribution in [0.4, 0.5) is 0 Å². The molecule has 0 atom stereocenters. The molecular weight excluding hydrogens is 427 g/mol. The van der Waals surface area contributed by atoms with Crippen LogP contribution in [-0.2, 0) is 19.2 Å². The second kappa shape index (κ2) is 7.62. The molecule has 0 aliphatic heterocycles. The number of hydrogen-bond acceptors (Lipinski definition) is 5. The SMILES string of the molecule is COc1ccc(C2=C(C(=O)C(Cl)(Cl)Cl)C(=O)C(=O)C3(CCCCC3)C2=O)cc1. The summed E-state index contributed by atoms with van der Waals surface area (Å²) in [5.41, 5.74) is -1.96. The van der Waals surface area contributed by atoms with E-state index >= 15 is 0 Å². The highest BCUT2D eigenvalue weighted by Gasteiger charge is 2.57. The van der Waals surface area contributed by atoms with Gasteiger partial charge in [-0.15, -0.1) is 0 Å². The third kappa shape index (κ3) is 3.40. The van der Waals surface area contributed by atoms with Crippen LogP contribution in [0, 0.1) is 5.41 Å². The first-order valence-electron chi connectivity index (χ1n) is 8.77. The molecule has 0 N–H and O–H groups in total. The lowest BCUT2D eigenvalue weighted by Crippen LogP contribution is -2.51. The maximum absolute atomic E-state index is 13.5. The predicted octanol–water partition coefficient (Wildman–Crippen LogP) is 4.06. The van der Waals surface area contributed by atoms with Crippen molar-refractivity contribution in [2.45, 2.75) is 35.9 Å². The van der Waals surface area contributed by atoms with Crippen molar-refractivity contribution in [2.75, 3.05) is 7.11 Å². The largest absolute Gasteiger partial charge is 0.497 e. The summed E-state index contributed by atoms with van der Waals surface area (Å²) < 4.78 is 2.64. The zero-order valence-electron chi connectivity index (χ0n) is 15.0. The Bertz CT molecular complexity index is 887. The van der Waals surface area contributed by atoms with Crippen LogP contribution in [0.5, 0.6) is 5.75 Å². The maximum Gasteiger partial charge on any atom is 0.253 e. The number of Topliss-reactive ketones (excluding diaryl/α,β-unsaturated/α-hetero) is 4. The van der Waals surface area contributed by atoms with Crippen LogP contribution < -0.4 is 4.74 Å². The van der Waals surface area contributed by atoms with Gasteiger partial charge in [-0.3, -0.25) is 19.2 Å². The van der Waals surface area contributed by atoms with E-state index in [9.17, 15) is 19.2 Å². The normalized spacial score (nSPS) is 19.9. The first-order valence-corrected chi connectivity index (χ1v) is 9.91. The Kier molecular flexibility index (Phi) is 5.72. The number of ether oxygens (including phenoxy) is 1. The Morgan fingerprint density at radius 3 is 2.04 bits per heavy atom. The van der Waals surface area contributed by atoms with E-state index in [1.165, 1.54) is 19.2 Å². The van der Waals surface area contributed by atoms with E-state index in [0.29, 0.717) is 24.2 Å². The summed E-state index contributed by atoms with van der Waals surface area (Å²) in [5, 5.41) is 0. The van der Waals surface area contributed by atoms with Gasteiger partial charge in [0.15, 0.2) is 5.78 Å². The Balaban J connectivity index is 2.27. The van der Waals surface area contributed by atoms with E-state index < -0.39 is 37.9 Å². The molecule has 1 saturated carbocycles. The van der Waals surface area contributed by atoms with Gasteiger partial charge in [0.05, 0.1) is 12.7 Å². The zero-order chi connectivity index (χ0) is 20.7. The van der Waals surface area contributed by atoms with E-state index in [1.54, 1.807) is 12.1 Å². The van der Waals surface area contributed by atoms with Crippen LogP contribution in [0.25, 0.3) is 5.57 Å². The number of hydrogen-bond donors (Lipinski definition) is 0. The van der Waals surface area contributed by atoms with Gasteiger partial charge in [0.2, 0.25) is 17.3 Å². The van der Waals surface area contributed by atoms with Crippen molar-refractivity contribution < 1.29 is 23.9 Å². The fourth-order valence-electron chi connectivity index (χ4n) is 3.90. The second-order valence-corrected chi connectivity index (χ2v) is 9.22. The molecule has 0 saturated heterocycles. The molecule has 2 aliphatic rings. The maximum atomic E-state index is 13.5. The summed E-state index contributed by atoms with van der Waals surface area (Å²) in [6.45, 7) is 0. The van der Waals surface area contributed by atoms with Crippen LogP contribution in [0.3, 0.4) is 0 Å². The number of halogens is 3. The third-order valence-corrected chi connectivity index (χ3v) is 5.86. The van der Waals surface area contributed by atoms with Gasteiger partial charge >= 0.3 is 0 Å². The lowest BCUT2D eigenvalue weighted by Gasteiger charge is -2.38. The number of methoxy groups -OCH3 is 1. The molecule has 28 heavy (non-hydrogen) atoms. The summed E-state index contributed by atoms with van der Waals surface area (Å²) in [6.07, 6.45) is 2.71. The Morgan fingerprint density at radius 1 is 0.964 bits per heavy atom. The summed E-state index contributed by atoms with van der Waals surface area (Å²) in [6, 6.07) is 6.25. The van der Waals surface area contributed by atoms with Gasteiger partial charge in [-0.25, -0.2) is 0 Å². The highest BCUT2D eigenvalue weighted by Crippen LogP contribution is 2.47. The van der Waals surface area contributed by atoms with E-state index in [2.05, 4.69) is 0 Å². The summed E-state index contributed by atoms with van der Waals surface area (Å²) in [4.78, 5) is 52.1. The van der Waals surface area contributed by atoms with Crippen LogP contribution in [-0.4, -0.2) is 34.0 Å². The van der Waals surface area contributed by atoms with Gasteiger partial charge < -0.3 is 4.74 Å².